The average Bonchev–Trinajstić information content (AvgIpc) is 2.74. The maximum absolute atomic E-state index is 13.0. The first-order valence-corrected chi connectivity index (χ1v) is 10.7. The molecule has 158 valence electrons. The van der Waals surface area contributed by atoms with E-state index in [1.165, 1.54) is 7.11 Å². The number of ketones is 1. The number of carbonyl (C=O) groups is 2. The van der Waals surface area contributed by atoms with Gasteiger partial charge in [0.15, 0.2) is 10.9 Å². The fraction of sp³-hybridized carbons (Fsp3) is 0.0870. The highest BCUT2D eigenvalue weighted by Gasteiger charge is 2.19. The molecular formula is C23H18BrClN2O3S. The molecular weight excluding hydrogens is 500 g/mol. The van der Waals surface area contributed by atoms with Gasteiger partial charge in [0.05, 0.1) is 18.4 Å². The van der Waals surface area contributed by atoms with E-state index >= 15 is 0 Å². The van der Waals surface area contributed by atoms with E-state index in [-0.39, 0.29) is 10.9 Å². The molecule has 0 aliphatic heterocycles. The van der Waals surface area contributed by atoms with Crippen molar-refractivity contribution in [3.63, 3.8) is 0 Å². The van der Waals surface area contributed by atoms with Crippen LogP contribution < -0.4 is 15.4 Å². The molecule has 0 saturated heterocycles. The second-order valence-electron chi connectivity index (χ2n) is 6.60. The van der Waals surface area contributed by atoms with Crippen LogP contribution in [0.4, 0.5) is 5.69 Å². The van der Waals surface area contributed by atoms with Gasteiger partial charge in [-0.1, -0.05) is 57.9 Å². The number of amides is 1. The van der Waals surface area contributed by atoms with Crippen molar-refractivity contribution in [2.24, 2.45) is 0 Å². The van der Waals surface area contributed by atoms with Crippen LogP contribution in [0.3, 0.4) is 0 Å². The Kier molecular flexibility index (Phi) is 7.43. The molecule has 3 aromatic rings. The van der Waals surface area contributed by atoms with Crippen LogP contribution in [0, 0.1) is 6.92 Å². The van der Waals surface area contributed by atoms with E-state index in [0.717, 1.165) is 10.0 Å². The molecule has 31 heavy (non-hydrogen) atoms. The highest BCUT2D eigenvalue weighted by Crippen LogP contribution is 2.28. The minimum atomic E-state index is -0.441. The summed E-state index contributed by atoms with van der Waals surface area (Å²) in [6, 6.07) is 17.2. The number of benzene rings is 3. The molecule has 1 amide bonds. The van der Waals surface area contributed by atoms with Crippen molar-refractivity contribution in [1.82, 2.24) is 5.32 Å². The number of hydrogen-bond donors (Lipinski definition) is 2. The van der Waals surface area contributed by atoms with Crippen molar-refractivity contribution in [1.29, 1.82) is 0 Å². The summed E-state index contributed by atoms with van der Waals surface area (Å²) in [5.41, 5.74) is 2.41. The standard InChI is InChI=1S/C23H18BrClN2O3S/c1-13-10-15(24)11-18(21(13)30-2)22(29)27-23(31)26-19-9-8-16(25)12-17(19)20(28)14-6-4-3-5-7-14/h3-12H,1-2H3,(H2,26,27,29,31). The molecule has 0 heterocycles. The van der Waals surface area contributed by atoms with Gasteiger partial charge in [0.25, 0.3) is 5.91 Å². The lowest BCUT2D eigenvalue weighted by atomic mass is 10.0. The zero-order valence-corrected chi connectivity index (χ0v) is 19.8. The van der Waals surface area contributed by atoms with Crippen LogP contribution in [0.2, 0.25) is 5.02 Å². The van der Waals surface area contributed by atoms with Gasteiger partial charge in [-0.2, -0.15) is 0 Å². The number of rotatable bonds is 5. The number of aryl methyl sites for hydroxylation is 1. The molecule has 0 atom stereocenters. The highest BCUT2D eigenvalue weighted by molar-refractivity contribution is 9.10. The lowest BCUT2D eigenvalue weighted by Gasteiger charge is -2.15. The number of thiocarbonyl (C=S) groups is 1. The molecule has 0 bridgehead atoms. The molecule has 0 aliphatic carbocycles. The summed E-state index contributed by atoms with van der Waals surface area (Å²) in [5.74, 6) is -0.206. The zero-order valence-electron chi connectivity index (χ0n) is 16.7. The first-order valence-electron chi connectivity index (χ1n) is 9.16. The van der Waals surface area contributed by atoms with Crippen molar-refractivity contribution in [3.8, 4) is 5.75 Å². The molecule has 0 aromatic heterocycles. The van der Waals surface area contributed by atoms with Crippen LogP contribution in [0.5, 0.6) is 5.75 Å². The second-order valence-corrected chi connectivity index (χ2v) is 8.36. The van der Waals surface area contributed by atoms with Crippen LogP contribution >= 0.6 is 39.7 Å². The number of hydrogen-bond acceptors (Lipinski definition) is 4. The number of anilines is 1. The van der Waals surface area contributed by atoms with Gasteiger partial charge in [-0.3, -0.25) is 14.9 Å². The summed E-state index contributed by atoms with van der Waals surface area (Å²) in [6.07, 6.45) is 0. The number of methoxy groups -OCH3 is 1. The predicted octanol–water partition coefficient (Wildman–Crippen LogP) is 5.78. The lowest BCUT2D eigenvalue weighted by molar-refractivity contribution is 0.0973. The summed E-state index contributed by atoms with van der Waals surface area (Å²) in [4.78, 5) is 25.7. The van der Waals surface area contributed by atoms with Gasteiger partial charge < -0.3 is 10.1 Å². The molecule has 0 saturated carbocycles. The largest absolute Gasteiger partial charge is 0.496 e. The van der Waals surface area contributed by atoms with Gasteiger partial charge in [0.1, 0.15) is 5.75 Å². The monoisotopic (exact) mass is 516 g/mol. The first-order chi connectivity index (χ1) is 14.8. The Morgan fingerprint density at radius 1 is 1.03 bits per heavy atom. The smallest absolute Gasteiger partial charge is 0.261 e. The van der Waals surface area contributed by atoms with Gasteiger partial charge in [-0.25, -0.2) is 0 Å². The van der Waals surface area contributed by atoms with Gasteiger partial charge in [-0.05, 0) is 55.0 Å². The van der Waals surface area contributed by atoms with Crippen molar-refractivity contribution in [2.75, 3.05) is 12.4 Å². The fourth-order valence-electron chi connectivity index (χ4n) is 3.05. The third-order valence-electron chi connectivity index (χ3n) is 4.43. The minimum absolute atomic E-state index is 0.0362. The van der Waals surface area contributed by atoms with Crippen LogP contribution in [0.15, 0.2) is 65.1 Å². The van der Waals surface area contributed by atoms with Crippen molar-refractivity contribution in [2.45, 2.75) is 6.92 Å². The van der Waals surface area contributed by atoms with Gasteiger partial charge in [0, 0.05) is 20.6 Å². The Bertz CT molecular complexity index is 1170. The normalized spacial score (nSPS) is 10.3. The summed E-state index contributed by atoms with van der Waals surface area (Å²) in [5, 5.41) is 6.00. The predicted molar refractivity (Wildman–Crippen MR) is 130 cm³/mol. The molecule has 0 spiro atoms. The Balaban J connectivity index is 1.83. The van der Waals surface area contributed by atoms with Gasteiger partial charge in [0.2, 0.25) is 0 Å². The Morgan fingerprint density at radius 3 is 2.42 bits per heavy atom. The van der Waals surface area contributed by atoms with E-state index in [1.54, 1.807) is 48.5 Å². The minimum Gasteiger partial charge on any atom is -0.496 e. The maximum atomic E-state index is 13.0. The Morgan fingerprint density at radius 2 is 1.74 bits per heavy atom. The van der Waals surface area contributed by atoms with E-state index in [4.69, 9.17) is 28.6 Å². The third-order valence-corrected chi connectivity index (χ3v) is 5.32. The molecule has 3 aromatic carbocycles. The number of carbonyl (C=O) groups excluding carboxylic acids is 2. The number of nitrogens with one attached hydrogen (secondary N) is 2. The summed E-state index contributed by atoms with van der Waals surface area (Å²) in [7, 11) is 1.50. The summed E-state index contributed by atoms with van der Waals surface area (Å²) < 4.78 is 6.10. The van der Waals surface area contributed by atoms with Crippen molar-refractivity contribution < 1.29 is 14.3 Å². The lowest BCUT2D eigenvalue weighted by Crippen LogP contribution is -2.34. The van der Waals surface area contributed by atoms with E-state index < -0.39 is 5.91 Å². The molecule has 2 N–H and O–H groups in total. The topological polar surface area (TPSA) is 67.4 Å². The van der Waals surface area contributed by atoms with Crippen molar-refractivity contribution in [3.05, 3.63) is 92.4 Å². The molecule has 0 unspecified atom stereocenters. The van der Waals surface area contributed by atoms with Crippen LogP contribution in [-0.4, -0.2) is 23.9 Å². The van der Waals surface area contributed by atoms with E-state index in [1.807, 2.05) is 19.1 Å². The summed E-state index contributed by atoms with van der Waals surface area (Å²) in [6.45, 7) is 1.84. The van der Waals surface area contributed by atoms with Gasteiger partial charge in [-0.15, -0.1) is 0 Å². The van der Waals surface area contributed by atoms with E-state index in [9.17, 15) is 9.59 Å². The summed E-state index contributed by atoms with van der Waals surface area (Å²) >= 11 is 14.8. The molecule has 5 nitrogen and oxygen atoms in total. The number of ether oxygens (including phenoxy) is 1. The molecule has 3 rings (SSSR count). The Hall–Kier alpha value is -2.74. The van der Waals surface area contributed by atoms with E-state index in [0.29, 0.717) is 33.1 Å². The quantitative estimate of drug-likeness (QED) is 0.332. The zero-order chi connectivity index (χ0) is 22.5. The van der Waals surface area contributed by atoms with E-state index in [2.05, 4.69) is 26.6 Å². The fourth-order valence-corrected chi connectivity index (χ4v) is 4.00. The average molecular weight is 518 g/mol. The molecule has 8 heteroatoms. The molecule has 0 fully saturated rings. The maximum Gasteiger partial charge on any atom is 0.261 e. The molecule has 0 aliphatic rings. The van der Waals surface area contributed by atoms with Gasteiger partial charge >= 0.3 is 0 Å². The second kappa shape index (κ2) is 10.0. The molecule has 0 radical (unpaired) electrons. The SMILES string of the molecule is COc1c(C)cc(Br)cc1C(=O)NC(=S)Nc1ccc(Cl)cc1C(=O)c1ccccc1. The number of halogens is 2. The van der Waals surface area contributed by atoms with Crippen LogP contribution in [0.1, 0.15) is 31.8 Å². The van der Waals surface area contributed by atoms with Crippen molar-refractivity contribution >= 4 is 62.2 Å². The van der Waals surface area contributed by atoms with Crippen LogP contribution in [0.25, 0.3) is 0 Å². The van der Waals surface area contributed by atoms with Crippen LogP contribution in [-0.2, 0) is 0 Å². The first kappa shape index (κ1) is 22.9. The Labute approximate surface area is 198 Å². The third kappa shape index (κ3) is 5.50. The highest BCUT2D eigenvalue weighted by atomic mass is 79.9.